The fourth-order valence-corrected chi connectivity index (χ4v) is 3.47. The molecule has 0 aliphatic carbocycles. The van der Waals surface area contributed by atoms with Crippen LogP contribution in [0.4, 0.5) is 0 Å². The van der Waals surface area contributed by atoms with Crippen LogP contribution in [-0.4, -0.2) is 14.6 Å². The highest BCUT2D eigenvalue weighted by atomic mass is 32.1. The molecule has 4 rings (SSSR count). The molecule has 124 valence electrons. The lowest BCUT2D eigenvalue weighted by Crippen LogP contribution is -2.03. The second kappa shape index (κ2) is 6.30. The fraction of sp³-hybridized carbons (Fsp3) is 0.143. The van der Waals surface area contributed by atoms with Crippen molar-refractivity contribution < 1.29 is 0 Å². The average Bonchev–Trinajstić information content (AvgIpc) is 2.97. The molecule has 0 radical (unpaired) electrons. The van der Waals surface area contributed by atoms with Crippen molar-refractivity contribution in [3.8, 4) is 11.1 Å². The Balaban J connectivity index is 1.94. The minimum absolute atomic E-state index is 0.783. The summed E-state index contributed by atoms with van der Waals surface area (Å²) in [6, 6.07) is 20.7. The zero-order chi connectivity index (χ0) is 17.4. The molecular formula is C21H19N3S. The maximum absolute atomic E-state index is 5.71. The lowest BCUT2D eigenvalue weighted by atomic mass is 10.1. The number of fused-ring (bicyclic) bond motifs is 1. The van der Waals surface area contributed by atoms with Crippen LogP contribution in [0.2, 0.25) is 0 Å². The number of H-pyrrole nitrogens is 1. The third-order valence-electron chi connectivity index (χ3n) is 4.56. The minimum Gasteiger partial charge on any atom is -0.295 e. The van der Waals surface area contributed by atoms with E-state index in [-0.39, 0.29) is 0 Å². The van der Waals surface area contributed by atoms with Gasteiger partial charge >= 0.3 is 0 Å². The maximum atomic E-state index is 5.71. The molecule has 3 nitrogen and oxygen atoms in total. The van der Waals surface area contributed by atoms with Crippen molar-refractivity contribution in [2.75, 3.05) is 0 Å². The van der Waals surface area contributed by atoms with Crippen molar-refractivity contribution in [1.29, 1.82) is 0 Å². The largest absolute Gasteiger partial charge is 0.295 e. The number of aryl methyl sites for hydroxylation is 1. The van der Waals surface area contributed by atoms with Crippen molar-refractivity contribution in [2.24, 2.45) is 0 Å². The standard InChI is InChI=1S/C21H19N3S/c1-14-18(13-16-9-5-3-6-10-16)22-20-19(17-11-7-4-8-12-17)15(2)23-24(20)21(14)25/h3-12,23H,13H2,1-2H3. The first-order valence-electron chi connectivity index (χ1n) is 8.35. The zero-order valence-corrected chi connectivity index (χ0v) is 15.1. The highest BCUT2D eigenvalue weighted by molar-refractivity contribution is 7.71. The molecule has 2 aromatic heterocycles. The molecule has 2 heterocycles. The molecule has 2 aromatic carbocycles. The van der Waals surface area contributed by atoms with E-state index in [9.17, 15) is 0 Å². The number of rotatable bonds is 3. The van der Waals surface area contributed by atoms with E-state index in [4.69, 9.17) is 17.2 Å². The first-order chi connectivity index (χ1) is 12.1. The number of aromatic nitrogens is 3. The molecule has 0 saturated carbocycles. The quantitative estimate of drug-likeness (QED) is 0.513. The van der Waals surface area contributed by atoms with Gasteiger partial charge < -0.3 is 0 Å². The van der Waals surface area contributed by atoms with Crippen LogP contribution in [0.1, 0.15) is 22.5 Å². The third-order valence-corrected chi connectivity index (χ3v) is 5.05. The molecule has 0 bridgehead atoms. The summed E-state index contributed by atoms with van der Waals surface area (Å²) in [5.74, 6) is 0. The number of aromatic amines is 1. The van der Waals surface area contributed by atoms with E-state index in [2.05, 4.69) is 55.3 Å². The van der Waals surface area contributed by atoms with Gasteiger partial charge in [0.1, 0.15) is 4.64 Å². The van der Waals surface area contributed by atoms with Gasteiger partial charge in [0.15, 0.2) is 5.65 Å². The lowest BCUT2D eigenvalue weighted by Gasteiger charge is -2.08. The predicted octanol–water partition coefficient (Wildman–Crippen LogP) is 5.27. The van der Waals surface area contributed by atoms with Crippen LogP contribution in [0.25, 0.3) is 16.8 Å². The van der Waals surface area contributed by atoms with Crippen LogP contribution < -0.4 is 0 Å². The van der Waals surface area contributed by atoms with Crippen LogP contribution in [0.3, 0.4) is 0 Å². The van der Waals surface area contributed by atoms with Crippen molar-refractivity contribution in [2.45, 2.75) is 20.3 Å². The Morgan fingerprint density at radius 1 is 0.960 bits per heavy atom. The first kappa shape index (κ1) is 15.8. The molecule has 0 aliphatic rings. The number of hydrogen-bond acceptors (Lipinski definition) is 2. The second-order valence-corrected chi connectivity index (χ2v) is 6.67. The number of hydrogen-bond donors (Lipinski definition) is 1. The van der Waals surface area contributed by atoms with E-state index >= 15 is 0 Å². The van der Waals surface area contributed by atoms with E-state index < -0.39 is 0 Å². The van der Waals surface area contributed by atoms with E-state index in [0.29, 0.717) is 0 Å². The van der Waals surface area contributed by atoms with Gasteiger partial charge in [0, 0.05) is 23.2 Å². The molecule has 0 unspecified atom stereocenters. The number of benzene rings is 2. The van der Waals surface area contributed by atoms with Gasteiger partial charge in [-0.3, -0.25) is 5.10 Å². The average molecular weight is 345 g/mol. The Kier molecular flexibility index (Phi) is 3.98. The molecule has 0 fully saturated rings. The molecule has 1 N–H and O–H groups in total. The van der Waals surface area contributed by atoms with Crippen LogP contribution in [0.15, 0.2) is 60.7 Å². The monoisotopic (exact) mass is 345 g/mol. The van der Waals surface area contributed by atoms with Crippen LogP contribution >= 0.6 is 12.2 Å². The summed E-state index contributed by atoms with van der Waals surface area (Å²) in [6.07, 6.45) is 0.783. The molecule has 4 aromatic rings. The summed E-state index contributed by atoms with van der Waals surface area (Å²) in [5.41, 5.74) is 7.55. The Morgan fingerprint density at radius 3 is 2.28 bits per heavy atom. The molecule has 0 spiro atoms. The third kappa shape index (κ3) is 2.79. The Morgan fingerprint density at radius 2 is 1.60 bits per heavy atom. The van der Waals surface area contributed by atoms with Crippen LogP contribution in [0, 0.1) is 18.5 Å². The van der Waals surface area contributed by atoms with Gasteiger partial charge in [-0.05, 0) is 25.0 Å². The van der Waals surface area contributed by atoms with Crippen molar-refractivity contribution >= 4 is 17.9 Å². The van der Waals surface area contributed by atoms with Crippen LogP contribution in [0.5, 0.6) is 0 Å². The van der Waals surface area contributed by atoms with Gasteiger partial charge in [-0.2, -0.15) is 0 Å². The topological polar surface area (TPSA) is 33.1 Å². The summed E-state index contributed by atoms with van der Waals surface area (Å²) < 4.78 is 2.72. The summed E-state index contributed by atoms with van der Waals surface area (Å²) in [4.78, 5) is 4.99. The SMILES string of the molecule is Cc1[nH]n2c(=S)c(C)c(Cc3ccccc3)nc2c1-c1ccccc1. The van der Waals surface area contributed by atoms with Crippen molar-refractivity contribution in [3.05, 3.63) is 87.8 Å². The lowest BCUT2D eigenvalue weighted by molar-refractivity contribution is 0.873. The maximum Gasteiger partial charge on any atom is 0.162 e. The fourth-order valence-electron chi connectivity index (χ4n) is 3.22. The number of nitrogens with one attached hydrogen (secondary N) is 1. The summed E-state index contributed by atoms with van der Waals surface area (Å²) >= 11 is 5.71. The van der Waals surface area contributed by atoms with Gasteiger partial charge in [0.2, 0.25) is 0 Å². The molecule has 0 aliphatic heterocycles. The molecule has 0 saturated heterocycles. The van der Waals surface area contributed by atoms with E-state index in [1.54, 1.807) is 0 Å². The van der Waals surface area contributed by atoms with E-state index in [1.807, 2.05) is 28.8 Å². The van der Waals surface area contributed by atoms with E-state index in [1.165, 1.54) is 5.56 Å². The summed E-state index contributed by atoms with van der Waals surface area (Å²) in [7, 11) is 0. The van der Waals surface area contributed by atoms with Crippen molar-refractivity contribution in [3.63, 3.8) is 0 Å². The molecular weight excluding hydrogens is 326 g/mol. The highest BCUT2D eigenvalue weighted by Gasteiger charge is 2.15. The normalized spacial score (nSPS) is 11.1. The molecule has 4 heteroatoms. The Hall–Kier alpha value is -2.72. The highest BCUT2D eigenvalue weighted by Crippen LogP contribution is 2.28. The zero-order valence-electron chi connectivity index (χ0n) is 14.3. The van der Waals surface area contributed by atoms with Gasteiger partial charge in [0.25, 0.3) is 0 Å². The Labute approximate surface area is 152 Å². The van der Waals surface area contributed by atoms with Crippen molar-refractivity contribution in [1.82, 2.24) is 14.6 Å². The predicted molar refractivity (Wildman–Crippen MR) is 105 cm³/mol. The summed E-state index contributed by atoms with van der Waals surface area (Å²) in [6.45, 7) is 4.12. The van der Waals surface area contributed by atoms with Gasteiger partial charge in [-0.25, -0.2) is 9.50 Å². The molecule has 25 heavy (non-hydrogen) atoms. The number of nitrogens with zero attached hydrogens (tertiary/aromatic N) is 2. The smallest absolute Gasteiger partial charge is 0.162 e. The Bertz CT molecular complexity index is 1090. The van der Waals surface area contributed by atoms with Gasteiger partial charge in [-0.1, -0.05) is 72.9 Å². The van der Waals surface area contributed by atoms with Gasteiger partial charge in [-0.15, -0.1) is 0 Å². The summed E-state index contributed by atoms with van der Waals surface area (Å²) in [5, 5.41) is 3.38. The van der Waals surface area contributed by atoms with Gasteiger partial charge in [0.05, 0.1) is 5.69 Å². The van der Waals surface area contributed by atoms with Crippen LogP contribution in [-0.2, 0) is 6.42 Å². The second-order valence-electron chi connectivity index (χ2n) is 6.29. The van der Waals surface area contributed by atoms with E-state index in [0.717, 1.165) is 44.8 Å². The first-order valence-corrected chi connectivity index (χ1v) is 8.76. The molecule has 0 atom stereocenters. The minimum atomic E-state index is 0.783. The molecule has 0 amide bonds.